The van der Waals surface area contributed by atoms with Crippen LogP contribution in [0.5, 0.6) is 0 Å². The van der Waals surface area contributed by atoms with E-state index in [0.717, 1.165) is 49.6 Å². The molecule has 2 aliphatic carbocycles. The van der Waals surface area contributed by atoms with Gasteiger partial charge in [0.05, 0.1) is 12.5 Å². The maximum absolute atomic E-state index is 13.3. The third kappa shape index (κ3) is 6.50. The minimum Gasteiger partial charge on any atom is -0.446 e. The van der Waals surface area contributed by atoms with Gasteiger partial charge in [0.25, 0.3) is 0 Å². The van der Waals surface area contributed by atoms with Crippen LogP contribution in [0.2, 0.25) is 0 Å². The zero-order valence-corrected chi connectivity index (χ0v) is 18.2. The third-order valence-electron chi connectivity index (χ3n) is 6.27. The fourth-order valence-corrected chi connectivity index (χ4v) is 4.60. The SMILES string of the molecule is O=C(Cc1cc(F)cc(F)c1)Nc1cc([C@@H]2CC[C@H](OC(=O)NC3CCC(O)CC3)C2)[nH]n1. The lowest BCUT2D eigenvalue weighted by Crippen LogP contribution is -2.40. The second kappa shape index (κ2) is 10.3. The van der Waals surface area contributed by atoms with E-state index in [2.05, 4.69) is 20.8 Å². The van der Waals surface area contributed by atoms with Gasteiger partial charge in [-0.05, 0) is 62.6 Å². The number of nitrogens with zero attached hydrogens (tertiary/aromatic N) is 1. The van der Waals surface area contributed by atoms with Gasteiger partial charge in [-0.15, -0.1) is 0 Å². The number of H-pyrrole nitrogens is 1. The first-order valence-corrected chi connectivity index (χ1v) is 11.3. The summed E-state index contributed by atoms with van der Waals surface area (Å²) in [5, 5.41) is 22.1. The number of halogens is 2. The summed E-state index contributed by atoms with van der Waals surface area (Å²) < 4.78 is 32.2. The van der Waals surface area contributed by atoms with Gasteiger partial charge in [-0.2, -0.15) is 5.10 Å². The van der Waals surface area contributed by atoms with Crippen molar-refractivity contribution < 1.29 is 28.2 Å². The van der Waals surface area contributed by atoms with Crippen molar-refractivity contribution in [1.82, 2.24) is 15.5 Å². The Morgan fingerprint density at radius 2 is 1.79 bits per heavy atom. The Balaban J connectivity index is 1.23. The molecule has 178 valence electrons. The molecule has 0 radical (unpaired) electrons. The number of hydrogen-bond acceptors (Lipinski definition) is 5. The number of ether oxygens (including phenoxy) is 1. The highest BCUT2D eigenvalue weighted by molar-refractivity contribution is 5.91. The van der Waals surface area contributed by atoms with Crippen LogP contribution in [0.25, 0.3) is 0 Å². The van der Waals surface area contributed by atoms with Crippen molar-refractivity contribution in [1.29, 1.82) is 0 Å². The highest BCUT2D eigenvalue weighted by atomic mass is 19.1. The maximum atomic E-state index is 13.3. The minimum absolute atomic E-state index is 0.0424. The summed E-state index contributed by atoms with van der Waals surface area (Å²) >= 11 is 0. The molecule has 0 unspecified atom stereocenters. The smallest absolute Gasteiger partial charge is 0.407 e. The number of amides is 2. The molecular weight excluding hydrogens is 434 g/mol. The van der Waals surface area contributed by atoms with Gasteiger partial charge >= 0.3 is 6.09 Å². The lowest BCUT2D eigenvalue weighted by Gasteiger charge is -2.26. The van der Waals surface area contributed by atoms with E-state index >= 15 is 0 Å². The largest absolute Gasteiger partial charge is 0.446 e. The van der Waals surface area contributed by atoms with E-state index in [4.69, 9.17) is 4.74 Å². The van der Waals surface area contributed by atoms with E-state index < -0.39 is 23.6 Å². The van der Waals surface area contributed by atoms with Gasteiger partial charge in [-0.1, -0.05) is 0 Å². The highest BCUT2D eigenvalue weighted by Crippen LogP contribution is 2.36. The number of nitrogens with one attached hydrogen (secondary N) is 3. The number of rotatable bonds is 6. The van der Waals surface area contributed by atoms with Crippen LogP contribution in [0.15, 0.2) is 24.3 Å². The number of benzene rings is 1. The molecule has 0 saturated heterocycles. The predicted molar refractivity (Wildman–Crippen MR) is 116 cm³/mol. The molecule has 0 bridgehead atoms. The number of anilines is 1. The molecule has 4 rings (SSSR count). The number of hydrogen-bond donors (Lipinski definition) is 4. The summed E-state index contributed by atoms with van der Waals surface area (Å²) in [6.45, 7) is 0. The number of alkyl carbamates (subject to hydrolysis) is 1. The molecule has 8 nitrogen and oxygen atoms in total. The van der Waals surface area contributed by atoms with Crippen LogP contribution >= 0.6 is 0 Å². The molecule has 2 saturated carbocycles. The summed E-state index contributed by atoms with van der Waals surface area (Å²) in [6.07, 6.45) is 3.99. The number of aliphatic hydroxyl groups is 1. The average Bonchev–Trinajstić information content (AvgIpc) is 3.38. The molecule has 2 aromatic rings. The van der Waals surface area contributed by atoms with Gasteiger partial charge in [0.1, 0.15) is 17.7 Å². The number of aliphatic hydroxyl groups excluding tert-OH is 1. The van der Waals surface area contributed by atoms with Crippen LogP contribution in [0, 0.1) is 11.6 Å². The highest BCUT2D eigenvalue weighted by Gasteiger charge is 2.31. The van der Waals surface area contributed by atoms with Crippen LogP contribution in [0.1, 0.15) is 62.1 Å². The van der Waals surface area contributed by atoms with Crippen molar-refractivity contribution in [3.63, 3.8) is 0 Å². The molecule has 2 atom stereocenters. The second-order valence-corrected chi connectivity index (χ2v) is 8.90. The fraction of sp³-hybridized carbons (Fsp3) is 0.522. The van der Waals surface area contributed by atoms with E-state index in [0.29, 0.717) is 25.1 Å². The monoisotopic (exact) mass is 462 g/mol. The Kier molecular flexibility index (Phi) is 7.22. The van der Waals surface area contributed by atoms with Crippen LogP contribution in [0.4, 0.5) is 19.4 Å². The molecule has 2 amide bonds. The molecular formula is C23H28F2N4O4. The quantitative estimate of drug-likeness (QED) is 0.524. The van der Waals surface area contributed by atoms with Crippen molar-refractivity contribution in [3.05, 3.63) is 47.2 Å². The lowest BCUT2D eigenvalue weighted by molar-refractivity contribution is -0.115. The number of carbonyl (C=O) groups excluding carboxylic acids is 2. The van der Waals surface area contributed by atoms with E-state index in [-0.39, 0.29) is 36.2 Å². The van der Waals surface area contributed by atoms with Crippen LogP contribution in [-0.4, -0.2) is 45.6 Å². The number of aromatic amines is 1. The van der Waals surface area contributed by atoms with Gasteiger partial charge < -0.3 is 20.5 Å². The third-order valence-corrected chi connectivity index (χ3v) is 6.27. The van der Waals surface area contributed by atoms with Gasteiger partial charge in [0.15, 0.2) is 5.82 Å². The maximum Gasteiger partial charge on any atom is 0.407 e. The zero-order valence-electron chi connectivity index (χ0n) is 18.2. The second-order valence-electron chi connectivity index (χ2n) is 8.90. The van der Waals surface area contributed by atoms with E-state index in [1.807, 2.05) is 0 Å². The molecule has 1 heterocycles. The van der Waals surface area contributed by atoms with Gasteiger partial charge in [-0.3, -0.25) is 9.89 Å². The van der Waals surface area contributed by atoms with Gasteiger partial charge in [-0.25, -0.2) is 13.6 Å². The van der Waals surface area contributed by atoms with Crippen molar-refractivity contribution >= 4 is 17.8 Å². The Hall–Kier alpha value is -3.01. The molecule has 33 heavy (non-hydrogen) atoms. The first-order chi connectivity index (χ1) is 15.8. The summed E-state index contributed by atoms with van der Waals surface area (Å²) in [7, 11) is 0. The van der Waals surface area contributed by atoms with Crippen LogP contribution in [0.3, 0.4) is 0 Å². The molecule has 2 fully saturated rings. The van der Waals surface area contributed by atoms with Gasteiger partial charge in [0, 0.05) is 29.8 Å². The first kappa shape index (κ1) is 23.2. The number of carbonyl (C=O) groups is 2. The molecule has 0 spiro atoms. The fourth-order valence-electron chi connectivity index (χ4n) is 4.60. The Labute approximate surface area is 190 Å². The standard InChI is InChI=1S/C23H28F2N4O4/c24-15-7-13(8-16(25)11-15)9-22(31)27-21-12-20(28-29-21)14-1-6-19(10-14)33-23(32)26-17-2-4-18(30)5-3-17/h7-8,11-12,14,17-19,30H,1-6,9-10H2,(H,26,32)(H2,27,28,29,31)/t14-,17?,18?,19+/m1/s1. The first-order valence-electron chi connectivity index (χ1n) is 11.3. The van der Waals surface area contributed by atoms with E-state index in [1.54, 1.807) is 6.07 Å². The lowest BCUT2D eigenvalue weighted by atomic mass is 9.93. The Bertz CT molecular complexity index is 970. The van der Waals surface area contributed by atoms with Crippen LogP contribution in [-0.2, 0) is 16.0 Å². The minimum atomic E-state index is -0.732. The summed E-state index contributed by atoms with van der Waals surface area (Å²) in [5.74, 6) is -1.46. The Morgan fingerprint density at radius 1 is 1.06 bits per heavy atom. The normalized spacial score (nSPS) is 24.9. The van der Waals surface area contributed by atoms with Crippen molar-refractivity contribution in [2.45, 2.75) is 75.5 Å². The molecule has 1 aromatic carbocycles. The summed E-state index contributed by atoms with van der Waals surface area (Å²) in [4.78, 5) is 24.4. The molecule has 2 aliphatic rings. The van der Waals surface area contributed by atoms with Crippen molar-refractivity contribution in [3.8, 4) is 0 Å². The average molecular weight is 462 g/mol. The molecule has 1 aromatic heterocycles. The summed E-state index contributed by atoms with van der Waals surface area (Å²) in [5.41, 5.74) is 1.06. The van der Waals surface area contributed by atoms with Gasteiger partial charge in [0.2, 0.25) is 5.91 Å². The van der Waals surface area contributed by atoms with E-state index in [1.165, 1.54) is 0 Å². The molecule has 10 heteroatoms. The predicted octanol–water partition coefficient (Wildman–Crippen LogP) is 3.53. The van der Waals surface area contributed by atoms with Crippen molar-refractivity contribution in [2.75, 3.05) is 5.32 Å². The number of aromatic nitrogens is 2. The topological polar surface area (TPSA) is 116 Å². The van der Waals surface area contributed by atoms with Crippen molar-refractivity contribution in [2.24, 2.45) is 0 Å². The zero-order chi connectivity index (χ0) is 23.4. The Morgan fingerprint density at radius 3 is 2.52 bits per heavy atom. The summed E-state index contributed by atoms with van der Waals surface area (Å²) in [6, 6.07) is 4.76. The molecule has 0 aliphatic heterocycles. The van der Waals surface area contributed by atoms with Crippen LogP contribution < -0.4 is 10.6 Å². The van der Waals surface area contributed by atoms with E-state index in [9.17, 15) is 23.5 Å². The molecule has 4 N–H and O–H groups in total.